The molecule has 0 fully saturated rings. The molecule has 0 radical (unpaired) electrons. The molecule has 96 valence electrons. The molecule has 0 aliphatic heterocycles. The predicted octanol–water partition coefficient (Wildman–Crippen LogP) is 4.90. The number of methoxy groups -OCH3 is 2. The first-order valence-corrected chi connectivity index (χ1v) is 7.38. The highest BCUT2D eigenvalue weighted by atomic mass is 79.9. The minimum Gasteiger partial charge on any atom is -0.497 e. The molecule has 1 aromatic carbocycles. The van der Waals surface area contributed by atoms with Gasteiger partial charge in [-0.05, 0) is 30.3 Å². The number of benzene rings is 1. The van der Waals surface area contributed by atoms with E-state index in [1.165, 1.54) is 0 Å². The largest absolute Gasteiger partial charge is 0.497 e. The zero-order valence-corrected chi connectivity index (χ0v) is 13.1. The Hall–Kier alpha value is -0.710. The normalized spacial score (nSPS) is 12.2. The van der Waals surface area contributed by atoms with Gasteiger partial charge in [-0.1, -0.05) is 27.5 Å². The molecule has 0 spiro atoms. The number of rotatable bonds is 4. The summed E-state index contributed by atoms with van der Waals surface area (Å²) < 4.78 is 11.4. The zero-order valence-electron chi connectivity index (χ0n) is 9.94. The van der Waals surface area contributed by atoms with E-state index in [1.807, 2.05) is 30.3 Å². The molecule has 1 atom stereocenters. The number of ether oxygens (including phenoxy) is 2. The van der Waals surface area contributed by atoms with Crippen molar-refractivity contribution in [2.75, 3.05) is 14.2 Å². The van der Waals surface area contributed by atoms with Gasteiger partial charge in [-0.3, -0.25) is 0 Å². The molecule has 1 aromatic heterocycles. The van der Waals surface area contributed by atoms with Crippen LogP contribution in [0.2, 0.25) is 4.34 Å². The van der Waals surface area contributed by atoms with Gasteiger partial charge in [-0.2, -0.15) is 0 Å². The second kappa shape index (κ2) is 5.95. The Morgan fingerprint density at radius 1 is 1.17 bits per heavy atom. The lowest BCUT2D eigenvalue weighted by atomic mass is 10.1. The first-order chi connectivity index (χ1) is 8.65. The van der Waals surface area contributed by atoms with Crippen LogP contribution in [0, 0.1) is 0 Å². The molecule has 1 unspecified atom stereocenters. The van der Waals surface area contributed by atoms with Gasteiger partial charge < -0.3 is 9.47 Å². The third kappa shape index (κ3) is 2.82. The Morgan fingerprint density at radius 2 is 1.94 bits per heavy atom. The van der Waals surface area contributed by atoms with Gasteiger partial charge in [0.2, 0.25) is 0 Å². The maximum atomic E-state index is 5.97. The van der Waals surface area contributed by atoms with E-state index in [0.717, 1.165) is 26.3 Å². The van der Waals surface area contributed by atoms with Crippen molar-refractivity contribution in [3.8, 4) is 11.5 Å². The molecule has 0 amide bonds. The van der Waals surface area contributed by atoms with Crippen LogP contribution in [-0.4, -0.2) is 14.2 Å². The Kier molecular flexibility index (Phi) is 4.54. The fourth-order valence-corrected chi connectivity index (χ4v) is 3.50. The van der Waals surface area contributed by atoms with Gasteiger partial charge in [0.1, 0.15) is 11.5 Å². The molecule has 0 saturated heterocycles. The lowest BCUT2D eigenvalue weighted by Gasteiger charge is -2.14. The molecule has 5 heteroatoms. The summed E-state index contributed by atoms with van der Waals surface area (Å²) >= 11 is 11.2. The van der Waals surface area contributed by atoms with Crippen LogP contribution in [-0.2, 0) is 0 Å². The van der Waals surface area contributed by atoms with Crippen molar-refractivity contribution in [3.63, 3.8) is 0 Å². The predicted molar refractivity (Wildman–Crippen MR) is 79.6 cm³/mol. The van der Waals surface area contributed by atoms with Crippen molar-refractivity contribution in [3.05, 3.63) is 45.1 Å². The van der Waals surface area contributed by atoms with Crippen molar-refractivity contribution in [2.45, 2.75) is 4.83 Å². The fourth-order valence-electron chi connectivity index (χ4n) is 1.66. The van der Waals surface area contributed by atoms with Crippen LogP contribution >= 0.6 is 38.9 Å². The highest BCUT2D eigenvalue weighted by Crippen LogP contribution is 2.41. The summed E-state index contributed by atoms with van der Waals surface area (Å²) in [5.74, 6) is 1.63. The molecule has 0 aliphatic rings. The van der Waals surface area contributed by atoms with E-state index in [2.05, 4.69) is 15.9 Å². The van der Waals surface area contributed by atoms with Crippen molar-refractivity contribution >= 4 is 38.9 Å². The molecular formula is C13H12BrClO2S. The molecule has 1 heterocycles. The molecule has 2 aromatic rings. The van der Waals surface area contributed by atoms with Crippen LogP contribution < -0.4 is 9.47 Å². The average molecular weight is 348 g/mol. The van der Waals surface area contributed by atoms with E-state index in [4.69, 9.17) is 21.1 Å². The Balaban J connectivity index is 2.41. The molecule has 0 aliphatic carbocycles. The van der Waals surface area contributed by atoms with Crippen LogP contribution in [0.25, 0.3) is 0 Å². The third-order valence-corrected chi connectivity index (χ3v) is 5.14. The first-order valence-electron chi connectivity index (χ1n) is 5.27. The Morgan fingerprint density at radius 3 is 2.50 bits per heavy atom. The van der Waals surface area contributed by atoms with E-state index >= 15 is 0 Å². The second-order valence-corrected chi connectivity index (χ2v) is 6.27. The quantitative estimate of drug-likeness (QED) is 0.732. The van der Waals surface area contributed by atoms with Crippen molar-refractivity contribution in [2.24, 2.45) is 0 Å². The SMILES string of the molecule is COc1ccc(OC)c(C(Br)c2ccc(Cl)s2)c1. The standard InChI is InChI=1S/C13H12BrClO2S/c1-16-8-3-4-10(17-2)9(7-8)13(14)11-5-6-12(15)18-11/h3-7,13H,1-2H3. The molecule has 0 saturated carbocycles. The first kappa shape index (κ1) is 13.7. The highest BCUT2D eigenvalue weighted by Gasteiger charge is 2.18. The topological polar surface area (TPSA) is 18.5 Å². The van der Waals surface area contributed by atoms with E-state index in [1.54, 1.807) is 25.6 Å². The maximum absolute atomic E-state index is 5.97. The molecule has 0 N–H and O–H groups in total. The van der Waals surface area contributed by atoms with Crippen LogP contribution in [0.4, 0.5) is 0 Å². The summed E-state index contributed by atoms with van der Waals surface area (Å²) in [5.41, 5.74) is 1.02. The molecule has 2 nitrogen and oxygen atoms in total. The van der Waals surface area contributed by atoms with E-state index in [9.17, 15) is 0 Å². The highest BCUT2D eigenvalue weighted by molar-refractivity contribution is 9.09. The third-order valence-electron chi connectivity index (χ3n) is 2.55. The van der Waals surface area contributed by atoms with Gasteiger partial charge in [-0.15, -0.1) is 11.3 Å². The van der Waals surface area contributed by atoms with Gasteiger partial charge >= 0.3 is 0 Å². The lowest BCUT2D eigenvalue weighted by molar-refractivity contribution is 0.399. The maximum Gasteiger partial charge on any atom is 0.123 e. The molecule has 2 rings (SSSR count). The van der Waals surface area contributed by atoms with Crippen LogP contribution in [0.5, 0.6) is 11.5 Å². The minimum atomic E-state index is 0.0417. The number of halogens is 2. The number of thiophene rings is 1. The van der Waals surface area contributed by atoms with Crippen LogP contribution in [0.3, 0.4) is 0 Å². The van der Waals surface area contributed by atoms with Gasteiger partial charge in [0, 0.05) is 10.4 Å². The monoisotopic (exact) mass is 346 g/mol. The number of alkyl halides is 1. The summed E-state index contributed by atoms with van der Waals surface area (Å²) in [6.45, 7) is 0. The summed E-state index contributed by atoms with van der Waals surface area (Å²) in [4.78, 5) is 1.17. The van der Waals surface area contributed by atoms with Crippen molar-refractivity contribution in [1.82, 2.24) is 0 Å². The fraction of sp³-hybridized carbons (Fsp3) is 0.231. The zero-order chi connectivity index (χ0) is 13.1. The van der Waals surface area contributed by atoms with E-state index < -0.39 is 0 Å². The lowest BCUT2D eigenvalue weighted by Crippen LogP contribution is -1.96. The molecule has 0 bridgehead atoms. The minimum absolute atomic E-state index is 0.0417. The van der Waals surface area contributed by atoms with Gasteiger partial charge in [0.25, 0.3) is 0 Å². The van der Waals surface area contributed by atoms with Crippen LogP contribution in [0.15, 0.2) is 30.3 Å². The molecular weight excluding hydrogens is 336 g/mol. The summed E-state index contributed by atoms with van der Waals surface area (Å²) in [6, 6.07) is 9.64. The van der Waals surface area contributed by atoms with Crippen LogP contribution in [0.1, 0.15) is 15.3 Å². The summed E-state index contributed by atoms with van der Waals surface area (Å²) in [7, 11) is 3.31. The van der Waals surface area contributed by atoms with Crippen molar-refractivity contribution < 1.29 is 9.47 Å². The Bertz CT molecular complexity index is 542. The second-order valence-electron chi connectivity index (χ2n) is 3.61. The summed E-state index contributed by atoms with van der Waals surface area (Å²) in [5, 5.41) is 0. The molecule has 18 heavy (non-hydrogen) atoms. The number of hydrogen-bond acceptors (Lipinski definition) is 3. The Labute approximate surface area is 124 Å². The van der Waals surface area contributed by atoms with Gasteiger partial charge in [-0.25, -0.2) is 0 Å². The van der Waals surface area contributed by atoms with Gasteiger partial charge in [0.15, 0.2) is 0 Å². The van der Waals surface area contributed by atoms with E-state index in [0.29, 0.717) is 0 Å². The van der Waals surface area contributed by atoms with E-state index in [-0.39, 0.29) is 4.83 Å². The number of hydrogen-bond donors (Lipinski definition) is 0. The van der Waals surface area contributed by atoms with Gasteiger partial charge in [0.05, 0.1) is 23.4 Å². The summed E-state index contributed by atoms with van der Waals surface area (Å²) in [6.07, 6.45) is 0. The van der Waals surface area contributed by atoms with Crippen molar-refractivity contribution in [1.29, 1.82) is 0 Å². The smallest absolute Gasteiger partial charge is 0.123 e. The average Bonchev–Trinajstić information content (AvgIpc) is 2.83.